The lowest BCUT2D eigenvalue weighted by molar-refractivity contribution is -0.144. The third-order valence-corrected chi connectivity index (χ3v) is 4.25. The molecule has 0 fully saturated rings. The van der Waals surface area contributed by atoms with Crippen molar-refractivity contribution >= 4 is 23.7 Å². The molecule has 27 heavy (non-hydrogen) atoms. The van der Waals surface area contributed by atoms with Gasteiger partial charge in [0, 0.05) is 19.3 Å². The monoisotopic (exact) mass is 378 g/mol. The Kier molecular flexibility index (Phi) is 5.98. The van der Waals surface area contributed by atoms with E-state index in [1.54, 1.807) is 32.9 Å². The van der Waals surface area contributed by atoms with Gasteiger partial charge in [-0.1, -0.05) is 0 Å². The maximum Gasteiger partial charge on any atom is 0.410 e. The highest BCUT2D eigenvalue weighted by Gasteiger charge is 2.37. The first-order valence-electron chi connectivity index (χ1n) is 8.69. The van der Waals surface area contributed by atoms with Crippen LogP contribution in [0.3, 0.4) is 0 Å². The van der Waals surface area contributed by atoms with Crippen LogP contribution in [0.5, 0.6) is 5.75 Å². The molecule has 1 aliphatic heterocycles. The second-order valence-corrected chi connectivity index (χ2v) is 7.44. The van der Waals surface area contributed by atoms with Crippen molar-refractivity contribution in [3.05, 3.63) is 23.8 Å². The maximum absolute atomic E-state index is 13.2. The average molecular weight is 378 g/mol. The fourth-order valence-corrected chi connectivity index (χ4v) is 2.89. The summed E-state index contributed by atoms with van der Waals surface area (Å²) in [6.07, 6.45) is -0.402. The molecule has 8 nitrogen and oxygen atoms in total. The molecule has 1 aromatic rings. The molecule has 1 atom stereocenters. The highest BCUT2D eigenvalue weighted by Crippen LogP contribution is 2.32. The molecule has 0 radical (unpaired) electrons. The van der Waals surface area contributed by atoms with Gasteiger partial charge in [0.15, 0.2) is 0 Å². The summed E-state index contributed by atoms with van der Waals surface area (Å²) in [5.74, 6) is -0.882. The van der Waals surface area contributed by atoms with Gasteiger partial charge in [-0.05, 0) is 51.0 Å². The van der Waals surface area contributed by atoms with Crippen LogP contribution >= 0.6 is 0 Å². The minimum atomic E-state index is -1.06. The number of rotatable bonds is 4. The van der Waals surface area contributed by atoms with Crippen molar-refractivity contribution < 1.29 is 29.0 Å². The lowest BCUT2D eigenvalue weighted by Gasteiger charge is -2.32. The molecule has 1 heterocycles. The number of carbonyl (C=O) groups is 3. The zero-order chi connectivity index (χ0) is 20.4. The minimum Gasteiger partial charge on any atom is -0.508 e. The number of ether oxygens (including phenoxy) is 2. The largest absolute Gasteiger partial charge is 0.508 e. The summed E-state index contributed by atoms with van der Waals surface area (Å²) in [6, 6.07) is 3.69. The van der Waals surface area contributed by atoms with Crippen molar-refractivity contribution in [3.8, 4) is 5.75 Å². The number of phenols is 1. The Labute approximate surface area is 158 Å². The summed E-state index contributed by atoms with van der Waals surface area (Å²) in [6.45, 7) is 5.56. The second-order valence-electron chi connectivity index (χ2n) is 7.44. The molecule has 0 bridgehead atoms. The maximum atomic E-state index is 13.2. The number of anilines is 1. The number of carbonyl (C=O) groups excluding carboxylic acids is 3. The van der Waals surface area contributed by atoms with Crippen molar-refractivity contribution in [2.75, 3.05) is 25.6 Å². The Hall–Kier alpha value is -2.77. The number of amides is 2. The van der Waals surface area contributed by atoms with E-state index >= 15 is 0 Å². The van der Waals surface area contributed by atoms with E-state index in [0.717, 1.165) is 10.5 Å². The molecule has 0 spiro atoms. The number of aromatic hydroxyl groups is 1. The average Bonchev–Trinajstić information content (AvgIpc) is 2.99. The standard InChI is InChI=1S/C19H26N2O6/c1-19(2,3)27-18(25)20(4)15(11-16(23)26-5)17(24)21-9-8-12-10-13(22)6-7-14(12)21/h6-7,10,15,22H,8-9,11H2,1-5H3/t15-/m1/s1. The van der Waals surface area contributed by atoms with E-state index in [4.69, 9.17) is 4.74 Å². The van der Waals surface area contributed by atoms with Gasteiger partial charge in [0.2, 0.25) is 0 Å². The zero-order valence-corrected chi connectivity index (χ0v) is 16.3. The molecule has 2 amide bonds. The van der Waals surface area contributed by atoms with Gasteiger partial charge >= 0.3 is 12.1 Å². The van der Waals surface area contributed by atoms with E-state index in [2.05, 4.69) is 4.74 Å². The molecular formula is C19H26N2O6. The first-order chi connectivity index (χ1) is 12.5. The molecular weight excluding hydrogens is 352 g/mol. The summed E-state index contributed by atoms with van der Waals surface area (Å²) >= 11 is 0. The van der Waals surface area contributed by atoms with Gasteiger partial charge in [-0.2, -0.15) is 0 Å². The fraction of sp³-hybridized carbons (Fsp3) is 0.526. The highest BCUT2D eigenvalue weighted by molar-refractivity contribution is 6.02. The lowest BCUT2D eigenvalue weighted by atomic mass is 10.1. The van der Waals surface area contributed by atoms with Crippen molar-refractivity contribution in [1.29, 1.82) is 0 Å². The topological polar surface area (TPSA) is 96.4 Å². The summed E-state index contributed by atoms with van der Waals surface area (Å²) in [4.78, 5) is 40.1. The van der Waals surface area contributed by atoms with E-state index < -0.39 is 29.6 Å². The number of phenolic OH excluding ortho intramolecular Hbond substituents is 1. The Morgan fingerprint density at radius 1 is 1.30 bits per heavy atom. The van der Waals surface area contributed by atoms with Crippen molar-refractivity contribution in [2.45, 2.75) is 45.3 Å². The van der Waals surface area contributed by atoms with Gasteiger partial charge in [0.1, 0.15) is 17.4 Å². The summed E-state index contributed by atoms with van der Waals surface area (Å²) in [7, 11) is 2.65. The normalized spacial score (nSPS) is 14.3. The zero-order valence-electron chi connectivity index (χ0n) is 16.3. The van der Waals surface area contributed by atoms with Crippen LogP contribution in [0.2, 0.25) is 0 Å². The molecule has 0 aliphatic carbocycles. The first kappa shape index (κ1) is 20.5. The van der Waals surface area contributed by atoms with Crippen LogP contribution in [0.1, 0.15) is 32.8 Å². The fourth-order valence-electron chi connectivity index (χ4n) is 2.89. The predicted molar refractivity (Wildman–Crippen MR) is 98.6 cm³/mol. The van der Waals surface area contributed by atoms with Crippen LogP contribution in [0.15, 0.2) is 18.2 Å². The quantitative estimate of drug-likeness (QED) is 0.806. The summed E-state index contributed by atoms with van der Waals surface area (Å²) in [5.41, 5.74) is 0.757. The molecule has 1 aromatic carbocycles. The molecule has 0 unspecified atom stereocenters. The number of methoxy groups -OCH3 is 1. The van der Waals surface area contributed by atoms with E-state index in [0.29, 0.717) is 18.7 Å². The van der Waals surface area contributed by atoms with Gasteiger partial charge in [-0.15, -0.1) is 0 Å². The van der Waals surface area contributed by atoms with Gasteiger partial charge < -0.3 is 19.5 Å². The van der Waals surface area contributed by atoms with Crippen LogP contribution in [0, 0.1) is 0 Å². The van der Waals surface area contributed by atoms with Crippen molar-refractivity contribution in [3.63, 3.8) is 0 Å². The van der Waals surface area contributed by atoms with Crippen LogP contribution in [-0.2, 0) is 25.5 Å². The molecule has 0 saturated carbocycles. The van der Waals surface area contributed by atoms with Crippen molar-refractivity contribution in [1.82, 2.24) is 4.90 Å². The molecule has 1 aliphatic rings. The number of benzene rings is 1. The smallest absolute Gasteiger partial charge is 0.410 e. The Morgan fingerprint density at radius 2 is 1.96 bits per heavy atom. The van der Waals surface area contributed by atoms with Gasteiger partial charge in [-0.3, -0.25) is 14.5 Å². The van der Waals surface area contributed by atoms with E-state index in [-0.39, 0.29) is 12.2 Å². The second kappa shape index (κ2) is 7.85. The molecule has 1 N–H and O–H groups in total. The highest BCUT2D eigenvalue weighted by atomic mass is 16.6. The van der Waals surface area contributed by atoms with Gasteiger partial charge in [-0.25, -0.2) is 4.79 Å². The van der Waals surface area contributed by atoms with Crippen LogP contribution in [0.4, 0.5) is 10.5 Å². The number of nitrogens with zero attached hydrogens (tertiary/aromatic N) is 2. The van der Waals surface area contributed by atoms with E-state index in [1.165, 1.54) is 25.1 Å². The Balaban J connectivity index is 2.28. The van der Waals surface area contributed by atoms with E-state index in [9.17, 15) is 19.5 Å². The van der Waals surface area contributed by atoms with Crippen molar-refractivity contribution in [2.24, 2.45) is 0 Å². The van der Waals surface area contributed by atoms with Crippen LogP contribution < -0.4 is 4.90 Å². The predicted octanol–water partition coefficient (Wildman–Crippen LogP) is 2.08. The third kappa shape index (κ3) is 4.90. The third-order valence-electron chi connectivity index (χ3n) is 4.25. The SMILES string of the molecule is COC(=O)C[C@H](C(=O)N1CCc2cc(O)ccc21)N(C)C(=O)OC(C)(C)C. The molecule has 148 valence electrons. The first-order valence-corrected chi connectivity index (χ1v) is 8.69. The molecule has 2 rings (SSSR count). The lowest BCUT2D eigenvalue weighted by Crippen LogP contribution is -2.51. The number of hydrogen-bond acceptors (Lipinski definition) is 6. The number of hydrogen-bond donors (Lipinski definition) is 1. The number of likely N-dealkylation sites (N-methyl/N-ethyl adjacent to an activating group) is 1. The molecule has 0 aromatic heterocycles. The van der Waals surface area contributed by atoms with Gasteiger partial charge in [0.25, 0.3) is 5.91 Å². The minimum absolute atomic E-state index is 0.125. The van der Waals surface area contributed by atoms with Crippen LogP contribution in [-0.4, -0.2) is 60.3 Å². The number of fused-ring (bicyclic) bond motifs is 1. The molecule has 8 heteroatoms. The van der Waals surface area contributed by atoms with Gasteiger partial charge in [0.05, 0.1) is 13.5 Å². The van der Waals surface area contributed by atoms with E-state index in [1.807, 2.05) is 0 Å². The Morgan fingerprint density at radius 3 is 2.56 bits per heavy atom. The summed E-state index contributed by atoms with van der Waals surface area (Å²) < 4.78 is 10.0. The summed E-state index contributed by atoms with van der Waals surface area (Å²) in [5, 5.41) is 9.62. The van der Waals surface area contributed by atoms with Crippen LogP contribution in [0.25, 0.3) is 0 Å². The number of esters is 1. The Bertz CT molecular complexity index is 740. The molecule has 0 saturated heterocycles.